The summed E-state index contributed by atoms with van der Waals surface area (Å²) in [6.45, 7) is 3.05. The van der Waals surface area contributed by atoms with E-state index >= 15 is 0 Å². The van der Waals surface area contributed by atoms with Crippen LogP contribution >= 0.6 is 11.3 Å². The minimum absolute atomic E-state index is 0.182. The van der Waals surface area contributed by atoms with Gasteiger partial charge in [-0.1, -0.05) is 0 Å². The van der Waals surface area contributed by atoms with Crippen LogP contribution in [-0.4, -0.2) is 25.7 Å². The summed E-state index contributed by atoms with van der Waals surface area (Å²) in [5.41, 5.74) is 1.46. The second-order valence-corrected chi connectivity index (χ2v) is 6.91. The lowest BCUT2D eigenvalue weighted by atomic mass is 10.2. The van der Waals surface area contributed by atoms with E-state index in [9.17, 15) is 9.18 Å². The van der Waals surface area contributed by atoms with E-state index in [-0.39, 0.29) is 11.7 Å². The van der Waals surface area contributed by atoms with Gasteiger partial charge in [0.25, 0.3) is 5.91 Å². The molecule has 0 spiro atoms. The molecule has 3 heterocycles. The number of aryl methyl sites for hydroxylation is 2. The molecule has 3 aromatic rings. The minimum Gasteiger partial charge on any atom is -0.344 e. The van der Waals surface area contributed by atoms with Crippen LogP contribution < -0.4 is 5.32 Å². The smallest absolute Gasteiger partial charge is 0.263 e. The third kappa shape index (κ3) is 3.05. The van der Waals surface area contributed by atoms with Gasteiger partial charge < -0.3 is 9.88 Å². The van der Waals surface area contributed by atoms with Crippen LogP contribution in [0.2, 0.25) is 0 Å². The van der Waals surface area contributed by atoms with Crippen LogP contribution in [0.4, 0.5) is 4.39 Å². The van der Waals surface area contributed by atoms with E-state index in [0.717, 1.165) is 36.6 Å². The standard InChI is InChI=1S/C17H16FN5OS/c1-10-15(25-17(20-10)11-4-6-12(18)7-5-11)16(24)19-9-14-22-21-13-3-2-8-23(13)14/h4-7H,2-3,8-9H2,1H3,(H,19,24). The highest BCUT2D eigenvalue weighted by Crippen LogP contribution is 2.28. The zero-order valence-electron chi connectivity index (χ0n) is 13.6. The van der Waals surface area contributed by atoms with E-state index < -0.39 is 0 Å². The molecule has 1 aromatic carbocycles. The van der Waals surface area contributed by atoms with E-state index in [1.54, 1.807) is 19.1 Å². The lowest BCUT2D eigenvalue weighted by Crippen LogP contribution is -2.24. The molecule has 0 fully saturated rings. The van der Waals surface area contributed by atoms with Crippen molar-refractivity contribution in [2.75, 3.05) is 0 Å². The Morgan fingerprint density at radius 3 is 2.92 bits per heavy atom. The van der Waals surface area contributed by atoms with Crippen molar-refractivity contribution >= 4 is 17.2 Å². The zero-order valence-corrected chi connectivity index (χ0v) is 14.4. The summed E-state index contributed by atoms with van der Waals surface area (Å²) in [6, 6.07) is 6.10. The number of amides is 1. The summed E-state index contributed by atoms with van der Waals surface area (Å²) in [6.07, 6.45) is 2.01. The average Bonchev–Trinajstić information content (AvgIpc) is 3.29. The summed E-state index contributed by atoms with van der Waals surface area (Å²) in [5.74, 6) is 1.29. The Hall–Kier alpha value is -2.61. The lowest BCUT2D eigenvalue weighted by Gasteiger charge is -2.04. The van der Waals surface area contributed by atoms with Crippen LogP contribution in [0.25, 0.3) is 10.6 Å². The summed E-state index contributed by atoms with van der Waals surface area (Å²) in [5, 5.41) is 11.9. The topological polar surface area (TPSA) is 72.7 Å². The molecule has 0 atom stereocenters. The Labute approximate surface area is 147 Å². The molecule has 128 valence electrons. The Morgan fingerprint density at radius 1 is 1.32 bits per heavy atom. The first-order valence-corrected chi connectivity index (χ1v) is 8.86. The average molecular weight is 357 g/mol. The quantitative estimate of drug-likeness (QED) is 0.779. The molecule has 2 aromatic heterocycles. The Morgan fingerprint density at radius 2 is 2.12 bits per heavy atom. The van der Waals surface area contributed by atoms with Crippen LogP contribution in [0.1, 0.15) is 33.4 Å². The number of halogens is 1. The van der Waals surface area contributed by atoms with Crippen molar-refractivity contribution in [1.29, 1.82) is 0 Å². The van der Waals surface area contributed by atoms with Gasteiger partial charge in [0.05, 0.1) is 12.2 Å². The number of fused-ring (bicyclic) bond motifs is 1. The Balaban J connectivity index is 1.49. The fourth-order valence-electron chi connectivity index (χ4n) is 2.90. The van der Waals surface area contributed by atoms with Crippen LogP contribution in [-0.2, 0) is 19.5 Å². The SMILES string of the molecule is Cc1nc(-c2ccc(F)cc2)sc1C(=O)NCc1nnc2n1CCC2. The molecule has 0 unspecified atom stereocenters. The minimum atomic E-state index is -0.296. The first kappa shape index (κ1) is 15.9. The highest BCUT2D eigenvalue weighted by Gasteiger charge is 2.20. The molecule has 0 aliphatic carbocycles. The van der Waals surface area contributed by atoms with E-state index in [0.29, 0.717) is 22.1 Å². The molecule has 0 saturated heterocycles. The Kier molecular flexibility index (Phi) is 4.04. The van der Waals surface area contributed by atoms with Crippen LogP contribution in [0.3, 0.4) is 0 Å². The van der Waals surface area contributed by atoms with Crippen LogP contribution in [0, 0.1) is 12.7 Å². The van der Waals surface area contributed by atoms with Gasteiger partial charge in [-0.15, -0.1) is 21.5 Å². The monoisotopic (exact) mass is 357 g/mol. The number of thiazole rings is 1. The van der Waals surface area contributed by atoms with E-state index in [4.69, 9.17) is 0 Å². The number of rotatable bonds is 4. The highest BCUT2D eigenvalue weighted by molar-refractivity contribution is 7.17. The molecule has 0 radical (unpaired) electrons. The van der Waals surface area contributed by atoms with Gasteiger partial charge in [0, 0.05) is 18.5 Å². The number of carbonyl (C=O) groups excluding carboxylic acids is 1. The first-order chi connectivity index (χ1) is 12.1. The van der Waals surface area contributed by atoms with Gasteiger partial charge in [0.1, 0.15) is 21.5 Å². The summed E-state index contributed by atoms with van der Waals surface area (Å²) in [4.78, 5) is 17.5. The third-order valence-corrected chi connectivity index (χ3v) is 5.39. The van der Waals surface area contributed by atoms with Crippen LogP contribution in [0.15, 0.2) is 24.3 Å². The number of aromatic nitrogens is 4. The lowest BCUT2D eigenvalue weighted by molar-refractivity contribution is 0.0952. The molecule has 1 amide bonds. The number of nitrogens with one attached hydrogen (secondary N) is 1. The van der Waals surface area contributed by atoms with Crippen molar-refractivity contribution in [1.82, 2.24) is 25.1 Å². The molecule has 0 bridgehead atoms. The number of hydrogen-bond acceptors (Lipinski definition) is 5. The van der Waals surface area contributed by atoms with Gasteiger partial charge >= 0.3 is 0 Å². The second-order valence-electron chi connectivity index (χ2n) is 5.91. The van der Waals surface area contributed by atoms with Gasteiger partial charge in [-0.05, 0) is 37.6 Å². The van der Waals surface area contributed by atoms with Crippen molar-refractivity contribution in [3.8, 4) is 10.6 Å². The van der Waals surface area contributed by atoms with E-state index in [2.05, 4.69) is 25.1 Å². The van der Waals surface area contributed by atoms with E-state index in [1.165, 1.54) is 23.5 Å². The molecule has 1 aliphatic rings. The molecule has 1 aliphatic heterocycles. The summed E-state index contributed by atoms with van der Waals surface area (Å²) < 4.78 is 15.1. The molecular formula is C17H16FN5OS. The van der Waals surface area contributed by atoms with Crippen LogP contribution in [0.5, 0.6) is 0 Å². The predicted octanol–water partition coefficient (Wildman–Crippen LogP) is 2.73. The normalized spacial score (nSPS) is 13.0. The molecule has 4 rings (SSSR count). The van der Waals surface area contributed by atoms with Crippen molar-refractivity contribution < 1.29 is 9.18 Å². The van der Waals surface area contributed by atoms with Gasteiger partial charge in [0.2, 0.25) is 0 Å². The maximum atomic E-state index is 13.1. The maximum Gasteiger partial charge on any atom is 0.263 e. The van der Waals surface area contributed by atoms with Gasteiger partial charge in [-0.3, -0.25) is 4.79 Å². The van der Waals surface area contributed by atoms with Crippen molar-refractivity contribution in [2.24, 2.45) is 0 Å². The molecule has 6 nitrogen and oxygen atoms in total. The number of hydrogen-bond donors (Lipinski definition) is 1. The second kappa shape index (κ2) is 6.36. The number of nitrogens with zero attached hydrogens (tertiary/aromatic N) is 4. The molecule has 1 N–H and O–H groups in total. The number of benzene rings is 1. The highest BCUT2D eigenvalue weighted by atomic mass is 32.1. The largest absolute Gasteiger partial charge is 0.344 e. The predicted molar refractivity (Wildman–Crippen MR) is 91.8 cm³/mol. The van der Waals surface area contributed by atoms with Gasteiger partial charge in [0.15, 0.2) is 5.82 Å². The number of carbonyl (C=O) groups is 1. The summed E-state index contributed by atoms with van der Waals surface area (Å²) in [7, 11) is 0. The van der Waals surface area contributed by atoms with Gasteiger partial charge in [-0.2, -0.15) is 0 Å². The molecule has 8 heteroatoms. The molecule has 25 heavy (non-hydrogen) atoms. The van der Waals surface area contributed by atoms with Crippen molar-refractivity contribution in [2.45, 2.75) is 32.9 Å². The maximum absolute atomic E-state index is 13.1. The fraction of sp³-hybridized carbons (Fsp3) is 0.294. The van der Waals surface area contributed by atoms with Gasteiger partial charge in [-0.25, -0.2) is 9.37 Å². The molecule has 0 saturated carbocycles. The van der Waals surface area contributed by atoms with Crippen molar-refractivity contribution in [3.05, 3.63) is 52.3 Å². The summed E-state index contributed by atoms with van der Waals surface area (Å²) >= 11 is 1.30. The van der Waals surface area contributed by atoms with Crippen molar-refractivity contribution in [3.63, 3.8) is 0 Å². The zero-order chi connectivity index (χ0) is 17.4. The molecular weight excluding hydrogens is 341 g/mol. The Bertz CT molecular complexity index is 931. The fourth-order valence-corrected chi connectivity index (χ4v) is 3.89. The third-order valence-electron chi connectivity index (χ3n) is 4.19. The van der Waals surface area contributed by atoms with E-state index in [1.807, 2.05) is 0 Å². The first-order valence-electron chi connectivity index (χ1n) is 8.04.